The van der Waals surface area contributed by atoms with Crippen LogP contribution >= 0.6 is 11.3 Å². The van der Waals surface area contributed by atoms with Crippen LogP contribution in [0, 0.1) is 0 Å². The Labute approximate surface area is 160 Å². The molecule has 0 aliphatic heterocycles. The Balaban J connectivity index is 1.37. The summed E-state index contributed by atoms with van der Waals surface area (Å²) >= 11 is 1.52. The van der Waals surface area contributed by atoms with E-state index < -0.39 is 10.0 Å². The number of nitrogens with one attached hydrogen (secondary N) is 2. The summed E-state index contributed by atoms with van der Waals surface area (Å²) in [6, 6.07) is 9.73. The molecular weight excluding hydrogens is 386 g/mol. The van der Waals surface area contributed by atoms with Crippen LogP contribution in [0.15, 0.2) is 57.4 Å². The number of thiophene rings is 1. The lowest BCUT2D eigenvalue weighted by Crippen LogP contribution is -2.26. The maximum absolute atomic E-state index is 12.3. The summed E-state index contributed by atoms with van der Waals surface area (Å²) in [6.07, 6.45) is 3.25. The Hall–Kier alpha value is -2.49. The van der Waals surface area contributed by atoms with Crippen LogP contribution in [0.4, 0.5) is 0 Å². The highest BCUT2D eigenvalue weighted by atomic mass is 32.2. The second-order valence-electron chi connectivity index (χ2n) is 6.22. The zero-order chi connectivity index (χ0) is 18.9. The predicted molar refractivity (Wildman–Crippen MR) is 101 cm³/mol. The lowest BCUT2D eigenvalue weighted by molar-refractivity contribution is 0.0950. The number of oxazole rings is 1. The van der Waals surface area contributed by atoms with Gasteiger partial charge in [-0.1, -0.05) is 6.07 Å². The molecule has 1 fully saturated rings. The van der Waals surface area contributed by atoms with E-state index >= 15 is 0 Å². The summed E-state index contributed by atoms with van der Waals surface area (Å²) in [6.45, 7) is 0.219. The minimum absolute atomic E-state index is 0.0412. The van der Waals surface area contributed by atoms with Crippen molar-refractivity contribution in [2.45, 2.75) is 30.3 Å². The fourth-order valence-electron chi connectivity index (χ4n) is 2.45. The highest BCUT2D eigenvalue weighted by Crippen LogP contribution is 2.24. The van der Waals surface area contributed by atoms with E-state index in [1.54, 1.807) is 0 Å². The Morgan fingerprint density at radius 1 is 1.22 bits per heavy atom. The summed E-state index contributed by atoms with van der Waals surface area (Å²) < 4.78 is 32.3. The monoisotopic (exact) mass is 403 g/mol. The van der Waals surface area contributed by atoms with Crippen LogP contribution in [0.3, 0.4) is 0 Å². The molecule has 0 spiro atoms. The number of nitrogens with zero attached hydrogens (tertiary/aromatic N) is 1. The van der Waals surface area contributed by atoms with Crippen molar-refractivity contribution in [2.24, 2.45) is 0 Å². The smallest absolute Gasteiger partial charge is 0.251 e. The van der Waals surface area contributed by atoms with Crippen molar-refractivity contribution in [2.75, 3.05) is 0 Å². The molecule has 27 heavy (non-hydrogen) atoms. The number of rotatable bonds is 7. The van der Waals surface area contributed by atoms with Crippen molar-refractivity contribution in [1.29, 1.82) is 0 Å². The molecule has 2 N–H and O–H groups in total. The van der Waals surface area contributed by atoms with E-state index in [0.29, 0.717) is 17.1 Å². The summed E-state index contributed by atoms with van der Waals surface area (Å²) in [7, 11) is -3.52. The lowest BCUT2D eigenvalue weighted by Gasteiger charge is -2.07. The number of amides is 1. The molecular formula is C18H17N3O4S2. The van der Waals surface area contributed by atoms with E-state index in [2.05, 4.69) is 15.0 Å². The molecule has 1 aliphatic carbocycles. The normalized spacial score (nSPS) is 14.2. The zero-order valence-electron chi connectivity index (χ0n) is 14.2. The molecule has 4 rings (SSSR count). The van der Waals surface area contributed by atoms with Gasteiger partial charge in [-0.15, -0.1) is 11.3 Å². The molecule has 0 radical (unpaired) electrons. The summed E-state index contributed by atoms with van der Waals surface area (Å²) in [5.74, 6) is 0.210. The van der Waals surface area contributed by atoms with Gasteiger partial charge >= 0.3 is 0 Å². The molecule has 0 atom stereocenters. The fraction of sp³-hybridized carbons (Fsp3) is 0.222. The number of carbonyl (C=O) groups is 1. The first-order chi connectivity index (χ1) is 13.0. The Bertz CT molecular complexity index is 1040. The molecule has 7 nitrogen and oxygen atoms in total. The average molecular weight is 403 g/mol. The van der Waals surface area contributed by atoms with Crippen molar-refractivity contribution in [1.82, 2.24) is 15.0 Å². The quantitative estimate of drug-likeness (QED) is 0.632. The van der Waals surface area contributed by atoms with Crippen molar-refractivity contribution >= 4 is 27.3 Å². The van der Waals surface area contributed by atoms with E-state index in [1.807, 2.05) is 17.5 Å². The molecule has 0 bridgehead atoms. The molecule has 0 saturated heterocycles. The molecule has 1 saturated carbocycles. The van der Waals surface area contributed by atoms with E-state index in [0.717, 1.165) is 17.7 Å². The van der Waals surface area contributed by atoms with Gasteiger partial charge < -0.3 is 9.73 Å². The SMILES string of the molecule is O=C(NCc1coc(-c2cccs2)n1)c1ccc(S(=O)(=O)NC2CC2)cc1. The highest BCUT2D eigenvalue weighted by molar-refractivity contribution is 7.89. The van der Waals surface area contributed by atoms with Crippen LogP contribution in [-0.2, 0) is 16.6 Å². The van der Waals surface area contributed by atoms with Crippen molar-refractivity contribution in [3.63, 3.8) is 0 Å². The van der Waals surface area contributed by atoms with E-state index in [-0.39, 0.29) is 23.4 Å². The van der Waals surface area contributed by atoms with Gasteiger partial charge in [-0.3, -0.25) is 4.79 Å². The van der Waals surface area contributed by atoms with Gasteiger partial charge in [0.25, 0.3) is 5.91 Å². The first kappa shape index (κ1) is 17.9. The third-order valence-electron chi connectivity index (χ3n) is 4.04. The predicted octanol–water partition coefficient (Wildman–Crippen LogP) is 2.77. The number of hydrogen-bond acceptors (Lipinski definition) is 6. The third-order valence-corrected chi connectivity index (χ3v) is 6.43. The molecule has 1 aliphatic rings. The van der Waals surface area contributed by atoms with Gasteiger partial charge in [-0.25, -0.2) is 18.1 Å². The summed E-state index contributed by atoms with van der Waals surface area (Å²) in [5, 5.41) is 4.69. The fourth-order valence-corrected chi connectivity index (χ4v) is 4.41. The number of carbonyl (C=O) groups excluding carboxylic acids is 1. The maximum atomic E-state index is 12.3. The largest absolute Gasteiger partial charge is 0.443 e. The number of benzene rings is 1. The Morgan fingerprint density at radius 3 is 2.67 bits per heavy atom. The minimum Gasteiger partial charge on any atom is -0.443 e. The maximum Gasteiger partial charge on any atom is 0.251 e. The van der Waals surface area contributed by atoms with E-state index in [4.69, 9.17) is 4.42 Å². The first-order valence-corrected chi connectivity index (χ1v) is 10.8. The number of hydrogen-bond donors (Lipinski definition) is 2. The van der Waals surface area contributed by atoms with Gasteiger partial charge in [0, 0.05) is 11.6 Å². The van der Waals surface area contributed by atoms with Gasteiger partial charge in [-0.05, 0) is 48.6 Å². The zero-order valence-corrected chi connectivity index (χ0v) is 15.8. The van der Waals surface area contributed by atoms with Crippen LogP contribution < -0.4 is 10.0 Å². The van der Waals surface area contributed by atoms with Gasteiger partial charge in [-0.2, -0.15) is 0 Å². The molecule has 2 heterocycles. The van der Waals surface area contributed by atoms with Gasteiger partial charge in [0.05, 0.1) is 22.0 Å². The molecule has 9 heteroatoms. The standard InChI is InChI=1S/C18H17N3O4S2/c22-17(19-10-14-11-25-18(20-14)16-2-1-9-26-16)12-3-7-15(8-4-12)27(23,24)21-13-5-6-13/h1-4,7-9,11,13,21H,5-6,10H2,(H,19,22). The van der Waals surface area contributed by atoms with Crippen molar-refractivity contribution < 1.29 is 17.6 Å². The van der Waals surface area contributed by atoms with Crippen LogP contribution in [-0.4, -0.2) is 25.4 Å². The molecule has 140 valence electrons. The topological polar surface area (TPSA) is 101 Å². The lowest BCUT2D eigenvalue weighted by atomic mass is 10.2. The molecule has 2 aromatic heterocycles. The first-order valence-electron chi connectivity index (χ1n) is 8.40. The second kappa shape index (κ2) is 7.26. The average Bonchev–Trinajstić information content (AvgIpc) is 3.14. The van der Waals surface area contributed by atoms with Crippen LogP contribution in [0.5, 0.6) is 0 Å². The highest BCUT2D eigenvalue weighted by Gasteiger charge is 2.27. The van der Waals surface area contributed by atoms with Crippen LogP contribution in [0.1, 0.15) is 28.9 Å². The third kappa shape index (κ3) is 4.26. The van der Waals surface area contributed by atoms with E-state index in [1.165, 1.54) is 41.9 Å². The van der Waals surface area contributed by atoms with Crippen LogP contribution in [0.25, 0.3) is 10.8 Å². The van der Waals surface area contributed by atoms with Crippen LogP contribution in [0.2, 0.25) is 0 Å². The number of aromatic nitrogens is 1. The second-order valence-corrected chi connectivity index (χ2v) is 8.89. The van der Waals surface area contributed by atoms with E-state index in [9.17, 15) is 13.2 Å². The minimum atomic E-state index is -3.52. The number of sulfonamides is 1. The molecule has 1 amide bonds. The molecule has 0 unspecified atom stereocenters. The van der Waals surface area contributed by atoms with Gasteiger partial charge in [0.1, 0.15) is 6.26 Å². The Morgan fingerprint density at radius 2 is 2.00 bits per heavy atom. The van der Waals surface area contributed by atoms with Gasteiger partial charge in [0.15, 0.2) is 0 Å². The van der Waals surface area contributed by atoms with Crippen molar-refractivity contribution in [3.05, 3.63) is 59.3 Å². The molecule has 3 aromatic rings. The summed E-state index contributed by atoms with van der Waals surface area (Å²) in [4.78, 5) is 17.7. The summed E-state index contributed by atoms with van der Waals surface area (Å²) in [5.41, 5.74) is 0.988. The van der Waals surface area contributed by atoms with Crippen molar-refractivity contribution in [3.8, 4) is 10.8 Å². The van der Waals surface area contributed by atoms with Gasteiger partial charge in [0.2, 0.25) is 15.9 Å². The Kier molecular flexibility index (Phi) is 4.81. The molecule has 1 aromatic carbocycles.